The van der Waals surface area contributed by atoms with Crippen LogP contribution in [0, 0.1) is 11.6 Å². The molecule has 142 valence electrons. The van der Waals surface area contributed by atoms with Crippen LogP contribution in [0.15, 0.2) is 29.2 Å². The van der Waals surface area contributed by atoms with Gasteiger partial charge in [0.15, 0.2) is 11.6 Å². The number of anilines is 2. The Kier molecular flexibility index (Phi) is 5.96. The van der Waals surface area contributed by atoms with E-state index in [0.29, 0.717) is 0 Å². The first kappa shape index (κ1) is 19.7. The second-order valence-electron chi connectivity index (χ2n) is 5.38. The summed E-state index contributed by atoms with van der Waals surface area (Å²) in [5, 5.41) is 10.7. The highest BCUT2D eigenvalue weighted by molar-refractivity contribution is 6.05. The zero-order valence-corrected chi connectivity index (χ0v) is 14.0. The van der Waals surface area contributed by atoms with Crippen molar-refractivity contribution in [3.8, 4) is 0 Å². The molecule has 1 aromatic heterocycles. The van der Waals surface area contributed by atoms with Crippen molar-refractivity contribution in [2.45, 2.75) is 12.8 Å². The smallest absolute Gasteiger partial charge is 0.303 e. The summed E-state index contributed by atoms with van der Waals surface area (Å²) in [4.78, 5) is 53.2. The molecule has 0 aliphatic carbocycles. The van der Waals surface area contributed by atoms with E-state index in [4.69, 9.17) is 5.11 Å². The van der Waals surface area contributed by atoms with Crippen LogP contribution < -0.4 is 15.8 Å². The van der Waals surface area contributed by atoms with Crippen molar-refractivity contribution in [3.63, 3.8) is 0 Å². The molecule has 0 fully saturated rings. The van der Waals surface area contributed by atoms with Gasteiger partial charge < -0.3 is 10.0 Å². The van der Waals surface area contributed by atoms with Crippen molar-refractivity contribution in [2.24, 2.45) is 0 Å². The van der Waals surface area contributed by atoms with Crippen LogP contribution in [0.25, 0.3) is 0 Å². The third kappa shape index (κ3) is 4.93. The van der Waals surface area contributed by atoms with Gasteiger partial charge in [-0.25, -0.2) is 13.8 Å². The number of nitrogens with zero attached hydrogens (tertiary/aromatic N) is 2. The Morgan fingerprint density at radius 1 is 1.22 bits per heavy atom. The van der Waals surface area contributed by atoms with E-state index in [0.717, 1.165) is 29.3 Å². The average molecular weight is 380 g/mol. The van der Waals surface area contributed by atoms with Crippen molar-refractivity contribution >= 4 is 29.4 Å². The monoisotopic (exact) mass is 380 g/mol. The summed E-state index contributed by atoms with van der Waals surface area (Å²) in [6, 6.07) is 2.80. The second kappa shape index (κ2) is 8.17. The molecule has 2 rings (SSSR count). The summed E-state index contributed by atoms with van der Waals surface area (Å²) in [5.74, 6) is -5.17. The molecule has 0 aliphatic heterocycles. The van der Waals surface area contributed by atoms with Gasteiger partial charge in [0.25, 0.3) is 11.5 Å². The average Bonchev–Trinajstić information content (AvgIpc) is 2.61. The summed E-state index contributed by atoms with van der Waals surface area (Å²) in [6.07, 6.45) is 0.189. The first-order valence-electron chi connectivity index (χ1n) is 7.53. The predicted molar refractivity (Wildman–Crippen MR) is 89.4 cm³/mol. The van der Waals surface area contributed by atoms with Crippen molar-refractivity contribution in [1.29, 1.82) is 0 Å². The van der Waals surface area contributed by atoms with Crippen molar-refractivity contribution in [3.05, 3.63) is 51.9 Å². The maximum absolute atomic E-state index is 13.3. The van der Waals surface area contributed by atoms with Crippen LogP contribution in [0.3, 0.4) is 0 Å². The van der Waals surface area contributed by atoms with Gasteiger partial charge in [0.2, 0.25) is 11.9 Å². The fraction of sp³-hybridized carbons (Fsp3) is 0.188. The van der Waals surface area contributed by atoms with Crippen LogP contribution in [0.1, 0.15) is 23.2 Å². The number of hydrogen-bond acceptors (Lipinski definition) is 5. The summed E-state index contributed by atoms with van der Waals surface area (Å²) >= 11 is 0. The predicted octanol–water partition coefficient (Wildman–Crippen LogP) is 1.13. The molecule has 0 atom stereocenters. The summed E-state index contributed by atoms with van der Waals surface area (Å²) in [6.45, 7) is 0. The number of carbonyl (C=O) groups excluding carboxylic acids is 2. The van der Waals surface area contributed by atoms with E-state index in [2.05, 4.69) is 15.3 Å². The Morgan fingerprint density at radius 2 is 1.93 bits per heavy atom. The zero-order valence-electron chi connectivity index (χ0n) is 14.0. The van der Waals surface area contributed by atoms with Gasteiger partial charge in [-0.05, 0) is 12.1 Å². The molecule has 0 aliphatic rings. The number of aliphatic carboxylic acids is 1. The van der Waals surface area contributed by atoms with E-state index in [1.165, 1.54) is 7.05 Å². The van der Waals surface area contributed by atoms with Crippen LogP contribution in [0.5, 0.6) is 0 Å². The van der Waals surface area contributed by atoms with Crippen LogP contribution >= 0.6 is 0 Å². The Morgan fingerprint density at radius 3 is 2.52 bits per heavy atom. The minimum Gasteiger partial charge on any atom is -0.481 e. The van der Waals surface area contributed by atoms with Crippen LogP contribution in [-0.2, 0) is 9.59 Å². The topological polar surface area (TPSA) is 132 Å². The molecular weight excluding hydrogens is 366 g/mol. The minimum atomic E-state index is -1.16. The normalized spacial score (nSPS) is 10.3. The molecule has 1 aromatic carbocycles. The fourth-order valence-electron chi connectivity index (χ4n) is 2.02. The van der Waals surface area contributed by atoms with E-state index < -0.39 is 47.0 Å². The molecule has 1 heterocycles. The van der Waals surface area contributed by atoms with Gasteiger partial charge in [-0.3, -0.25) is 29.5 Å². The molecule has 0 saturated heterocycles. The van der Waals surface area contributed by atoms with Crippen LogP contribution in [0.2, 0.25) is 0 Å². The highest BCUT2D eigenvalue weighted by Crippen LogP contribution is 2.18. The van der Waals surface area contributed by atoms with Gasteiger partial charge >= 0.3 is 5.97 Å². The minimum absolute atomic E-state index is 0.0179. The van der Waals surface area contributed by atoms with E-state index in [1.54, 1.807) is 0 Å². The lowest BCUT2D eigenvalue weighted by molar-refractivity contribution is -0.138. The first-order valence-corrected chi connectivity index (χ1v) is 7.53. The van der Waals surface area contributed by atoms with Crippen molar-refractivity contribution in [1.82, 2.24) is 9.97 Å². The number of halogens is 2. The van der Waals surface area contributed by atoms with E-state index >= 15 is 0 Å². The maximum atomic E-state index is 13.3. The molecule has 2 aromatic rings. The molecule has 0 unspecified atom stereocenters. The third-order valence-corrected chi connectivity index (χ3v) is 3.45. The molecule has 2 amide bonds. The first-order chi connectivity index (χ1) is 12.7. The Hall–Kier alpha value is -3.63. The number of amides is 2. The van der Waals surface area contributed by atoms with Crippen molar-refractivity contribution in [2.75, 3.05) is 17.3 Å². The molecule has 0 spiro atoms. The number of carboxylic acids is 1. The number of nitrogens with one attached hydrogen (secondary N) is 2. The van der Waals surface area contributed by atoms with E-state index in [-0.39, 0.29) is 18.1 Å². The number of aromatic amines is 1. The number of carbonyl (C=O) groups is 3. The number of rotatable bonds is 6. The van der Waals surface area contributed by atoms with E-state index in [1.807, 2.05) is 0 Å². The standard InChI is InChI=1S/C16H14F2N4O5/c1-22(8-2-3-10(17)11(18)6-8)15(27)9-7-19-16(21-14(9)26)20-12(23)4-5-13(24)25/h2-3,6-7H,4-5H2,1H3,(H,24,25)(H2,19,20,21,23,26). The third-order valence-electron chi connectivity index (χ3n) is 3.45. The summed E-state index contributed by atoms with van der Waals surface area (Å²) in [7, 11) is 1.26. The number of benzene rings is 1. The highest BCUT2D eigenvalue weighted by Gasteiger charge is 2.19. The quantitative estimate of drug-likeness (QED) is 0.688. The highest BCUT2D eigenvalue weighted by atomic mass is 19.2. The number of aromatic nitrogens is 2. The molecule has 0 saturated carbocycles. The largest absolute Gasteiger partial charge is 0.481 e. The zero-order chi connectivity index (χ0) is 20.1. The van der Waals surface area contributed by atoms with Gasteiger partial charge in [-0.2, -0.15) is 0 Å². The Balaban J connectivity index is 2.15. The molecule has 0 radical (unpaired) electrons. The van der Waals surface area contributed by atoms with E-state index in [9.17, 15) is 28.0 Å². The lowest BCUT2D eigenvalue weighted by atomic mass is 10.2. The van der Waals surface area contributed by atoms with Gasteiger partial charge in [0.1, 0.15) is 5.56 Å². The Bertz CT molecular complexity index is 960. The van der Waals surface area contributed by atoms with Gasteiger partial charge in [0.05, 0.1) is 6.42 Å². The molecule has 27 heavy (non-hydrogen) atoms. The maximum Gasteiger partial charge on any atom is 0.303 e. The van der Waals surface area contributed by atoms with Crippen molar-refractivity contribution < 1.29 is 28.3 Å². The van der Waals surface area contributed by atoms with Gasteiger partial charge in [-0.15, -0.1) is 0 Å². The number of H-pyrrole nitrogens is 1. The lowest BCUT2D eigenvalue weighted by Crippen LogP contribution is -2.32. The number of hydrogen-bond donors (Lipinski definition) is 3. The molecule has 9 nitrogen and oxygen atoms in total. The fourth-order valence-corrected chi connectivity index (χ4v) is 2.02. The summed E-state index contributed by atoms with van der Waals surface area (Å²) in [5.41, 5.74) is -1.26. The molecule has 3 N–H and O–H groups in total. The lowest BCUT2D eigenvalue weighted by Gasteiger charge is -2.17. The Labute approximate surface area is 150 Å². The summed E-state index contributed by atoms with van der Waals surface area (Å²) < 4.78 is 26.3. The SMILES string of the molecule is CN(C(=O)c1cnc(NC(=O)CCC(=O)O)[nH]c1=O)c1ccc(F)c(F)c1. The number of carboxylic acid groups (broad SMARTS) is 1. The molecule has 11 heteroatoms. The van der Waals surface area contributed by atoms with Gasteiger partial charge in [-0.1, -0.05) is 0 Å². The molecular formula is C16H14F2N4O5. The molecule has 0 bridgehead atoms. The van der Waals surface area contributed by atoms with Crippen LogP contribution in [0.4, 0.5) is 20.4 Å². The van der Waals surface area contributed by atoms with Gasteiger partial charge in [0, 0.05) is 31.4 Å². The second-order valence-corrected chi connectivity index (χ2v) is 5.38. The van der Waals surface area contributed by atoms with Crippen LogP contribution in [-0.4, -0.2) is 39.9 Å².